The van der Waals surface area contributed by atoms with Gasteiger partial charge < -0.3 is 14.5 Å². The molecule has 0 saturated carbocycles. The van der Waals surface area contributed by atoms with Crippen LogP contribution in [0.2, 0.25) is 5.02 Å². The molecule has 1 N–H and O–H groups in total. The number of non-ortho nitro benzene ring substituents is 1. The average molecular weight is 377 g/mol. The van der Waals surface area contributed by atoms with E-state index in [1.165, 1.54) is 28.2 Å². The van der Waals surface area contributed by atoms with Crippen LogP contribution in [0.25, 0.3) is 0 Å². The third-order valence-electron chi connectivity index (χ3n) is 4.83. The summed E-state index contributed by atoms with van der Waals surface area (Å²) in [5.74, 6) is 0.934. The summed E-state index contributed by atoms with van der Waals surface area (Å²) in [6.45, 7) is 6.69. The summed E-state index contributed by atoms with van der Waals surface area (Å²) < 4.78 is 5.48. The minimum absolute atomic E-state index is 0.0227. The number of piperazine rings is 1. The fourth-order valence-corrected chi connectivity index (χ4v) is 3.72. The molecule has 0 radical (unpaired) electrons. The van der Waals surface area contributed by atoms with E-state index in [-0.39, 0.29) is 5.69 Å². The number of ether oxygens (including phenoxy) is 1. The maximum atomic E-state index is 10.9. The summed E-state index contributed by atoms with van der Waals surface area (Å²) in [6, 6.07) is 11.0. The minimum Gasteiger partial charge on any atom is -0.496 e. The van der Waals surface area contributed by atoms with Gasteiger partial charge in [0.15, 0.2) is 0 Å². The Kier molecular flexibility index (Phi) is 5.64. The lowest BCUT2D eigenvalue weighted by atomic mass is 10.1. The zero-order valence-corrected chi connectivity index (χ0v) is 15.8. The van der Waals surface area contributed by atoms with Crippen LogP contribution in [0.3, 0.4) is 0 Å². The third kappa shape index (κ3) is 4.08. The van der Waals surface area contributed by atoms with Crippen LogP contribution in [0, 0.1) is 17.0 Å². The number of nitro groups is 1. The van der Waals surface area contributed by atoms with Crippen molar-refractivity contribution < 1.29 is 14.6 Å². The van der Waals surface area contributed by atoms with E-state index in [9.17, 15) is 10.1 Å². The zero-order chi connectivity index (χ0) is 18.7. The molecule has 1 heterocycles. The lowest BCUT2D eigenvalue weighted by molar-refractivity contribution is -0.914. The van der Waals surface area contributed by atoms with Crippen LogP contribution < -0.4 is 14.5 Å². The molecule has 3 rings (SSSR count). The monoisotopic (exact) mass is 376 g/mol. The van der Waals surface area contributed by atoms with E-state index in [2.05, 4.69) is 24.0 Å². The Balaban J connectivity index is 1.65. The number of nitro benzene ring substituents is 1. The van der Waals surface area contributed by atoms with E-state index in [4.69, 9.17) is 16.3 Å². The number of hydrogen-bond donors (Lipinski definition) is 1. The number of rotatable bonds is 5. The fraction of sp³-hybridized carbons (Fsp3) is 0.368. The van der Waals surface area contributed by atoms with E-state index in [0.29, 0.717) is 5.02 Å². The second-order valence-electron chi connectivity index (χ2n) is 6.62. The zero-order valence-electron chi connectivity index (χ0n) is 15.0. The van der Waals surface area contributed by atoms with E-state index in [0.717, 1.165) is 44.2 Å². The van der Waals surface area contributed by atoms with Crippen LogP contribution in [0.4, 0.5) is 11.4 Å². The molecule has 1 aliphatic heterocycles. The summed E-state index contributed by atoms with van der Waals surface area (Å²) in [5.41, 5.74) is 3.35. The molecule has 0 bridgehead atoms. The number of hydrogen-bond acceptors (Lipinski definition) is 4. The van der Waals surface area contributed by atoms with Gasteiger partial charge in [0, 0.05) is 17.7 Å². The molecule has 7 heteroatoms. The fourth-order valence-electron chi connectivity index (χ4n) is 3.42. The number of aryl methyl sites for hydroxylation is 1. The van der Waals surface area contributed by atoms with E-state index >= 15 is 0 Å². The average Bonchev–Trinajstić information content (AvgIpc) is 2.62. The van der Waals surface area contributed by atoms with Crippen molar-refractivity contribution in [3.05, 3.63) is 62.7 Å². The molecule has 6 nitrogen and oxygen atoms in total. The van der Waals surface area contributed by atoms with Gasteiger partial charge in [-0.05, 0) is 25.1 Å². The topological polar surface area (TPSA) is 60.0 Å². The molecular weight excluding hydrogens is 354 g/mol. The molecule has 2 aromatic carbocycles. The van der Waals surface area contributed by atoms with Crippen molar-refractivity contribution >= 4 is 23.0 Å². The predicted molar refractivity (Wildman–Crippen MR) is 102 cm³/mol. The number of nitrogens with zero attached hydrogens (tertiary/aromatic N) is 2. The molecule has 0 aliphatic carbocycles. The third-order valence-corrected chi connectivity index (χ3v) is 5.13. The number of benzene rings is 2. The van der Waals surface area contributed by atoms with Gasteiger partial charge in [-0.1, -0.05) is 23.2 Å². The van der Waals surface area contributed by atoms with Gasteiger partial charge in [-0.3, -0.25) is 10.1 Å². The second kappa shape index (κ2) is 7.93. The standard InChI is InChI=1S/C19H22ClN3O3/c1-14-3-6-19(26-2)15(11-14)13-21-7-9-22(10-8-21)18-5-4-16(23(24)25)12-17(18)20/h3-6,11-12H,7-10,13H2,1-2H3/p+1. The first kappa shape index (κ1) is 18.5. The van der Waals surface area contributed by atoms with Crippen molar-refractivity contribution in [3.63, 3.8) is 0 Å². The van der Waals surface area contributed by atoms with Crippen LogP contribution in [-0.2, 0) is 6.54 Å². The SMILES string of the molecule is COc1ccc(C)cc1C[NH+]1CCN(c2ccc([N+](=O)[O-])cc2Cl)CC1. The van der Waals surface area contributed by atoms with Crippen molar-refractivity contribution in [1.82, 2.24) is 0 Å². The Labute approximate surface area is 158 Å². The van der Waals surface area contributed by atoms with Gasteiger partial charge in [0.05, 0.1) is 48.9 Å². The Morgan fingerprint density at radius 3 is 2.58 bits per heavy atom. The van der Waals surface area contributed by atoms with Crippen molar-refractivity contribution in [1.29, 1.82) is 0 Å². The first-order chi connectivity index (χ1) is 12.5. The van der Waals surface area contributed by atoms with Gasteiger partial charge in [-0.25, -0.2) is 0 Å². The number of methoxy groups -OCH3 is 1. The van der Waals surface area contributed by atoms with Crippen LogP contribution in [-0.4, -0.2) is 38.2 Å². The predicted octanol–water partition coefficient (Wildman–Crippen LogP) is 2.47. The summed E-state index contributed by atoms with van der Waals surface area (Å²) in [4.78, 5) is 14.1. The van der Waals surface area contributed by atoms with Gasteiger partial charge in [0.1, 0.15) is 12.3 Å². The molecule has 1 aliphatic rings. The molecule has 138 valence electrons. The van der Waals surface area contributed by atoms with Gasteiger partial charge in [-0.15, -0.1) is 0 Å². The Hall–Kier alpha value is -2.31. The number of halogens is 1. The highest BCUT2D eigenvalue weighted by Crippen LogP contribution is 2.29. The molecule has 0 unspecified atom stereocenters. The maximum Gasteiger partial charge on any atom is 0.271 e. The Bertz CT molecular complexity index is 805. The highest BCUT2D eigenvalue weighted by molar-refractivity contribution is 6.33. The molecular formula is C19H23ClN3O3+. The first-order valence-corrected chi connectivity index (χ1v) is 9.01. The quantitative estimate of drug-likeness (QED) is 0.643. The normalized spacial score (nSPS) is 15.1. The highest BCUT2D eigenvalue weighted by Gasteiger charge is 2.23. The van der Waals surface area contributed by atoms with Crippen LogP contribution in [0.15, 0.2) is 36.4 Å². The second-order valence-corrected chi connectivity index (χ2v) is 7.03. The van der Waals surface area contributed by atoms with E-state index in [1.54, 1.807) is 13.2 Å². The summed E-state index contributed by atoms with van der Waals surface area (Å²) in [5, 5.41) is 11.3. The summed E-state index contributed by atoms with van der Waals surface area (Å²) >= 11 is 6.26. The molecule has 0 spiro atoms. The smallest absolute Gasteiger partial charge is 0.271 e. The van der Waals surface area contributed by atoms with Crippen molar-refractivity contribution in [2.45, 2.75) is 13.5 Å². The van der Waals surface area contributed by atoms with Gasteiger partial charge >= 0.3 is 0 Å². The van der Waals surface area contributed by atoms with Crippen LogP contribution in [0.5, 0.6) is 5.75 Å². The van der Waals surface area contributed by atoms with E-state index < -0.39 is 4.92 Å². The minimum atomic E-state index is -0.424. The van der Waals surface area contributed by atoms with E-state index in [1.807, 2.05) is 6.07 Å². The summed E-state index contributed by atoms with van der Waals surface area (Å²) in [7, 11) is 1.71. The van der Waals surface area contributed by atoms with Crippen LogP contribution >= 0.6 is 11.6 Å². The number of quaternary nitrogens is 1. The van der Waals surface area contributed by atoms with Crippen molar-refractivity contribution in [2.75, 3.05) is 38.2 Å². The first-order valence-electron chi connectivity index (χ1n) is 8.64. The van der Waals surface area contributed by atoms with Gasteiger partial charge in [-0.2, -0.15) is 0 Å². The highest BCUT2D eigenvalue weighted by atomic mass is 35.5. The largest absolute Gasteiger partial charge is 0.496 e. The molecule has 2 aromatic rings. The molecule has 26 heavy (non-hydrogen) atoms. The summed E-state index contributed by atoms with van der Waals surface area (Å²) in [6.07, 6.45) is 0. The molecule has 1 fully saturated rings. The maximum absolute atomic E-state index is 10.9. The number of nitrogens with one attached hydrogen (secondary N) is 1. The lowest BCUT2D eigenvalue weighted by Gasteiger charge is -2.34. The number of anilines is 1. The molecule has 0 aromatic heterocycles. The molecule has 1 saturated heterocycles. The molecule has 0 amide bonds. The van der Waals surface area contributed by atoms with Crippen LogP contribution in [0.1, 0.15) is 11.1 Å². The van der Waals surface area contributed by atoms with Gasteiger partial charge in [0.25, 0.3) is 5.69 Å². The molecule has 0 atom stereocenters. The van der Waals surface area contributed by atoms with Crippen molar-refractivity contribution in [3.8, 4) is 5.75 Å². The Morgan fingerprint density at radius 2 is 1.96 bits per heavy atom. The van der Waals surface area contributed by atoms with Crippen molar-refractivity contribution in [2.24, 2.45) is 0 Å². The van der Waals surface area contributed by atoms with Gasteiger partial charge in [0.2, 0.25) is 0 Å². The Morgan fingerprint density at radius 1 is 1.23 bits per heavy atom. The lowest BCUT2D eigenvalue weighted by Crippen LogP contribution is -3.13.